The van der Waals surface area contributed by atoms with Crippen molar-refractivity contribution in [3.8, 4) is 56.0 Å². The van der Waals surface area contributed by atoms with E-state index in [4.69, 9.17) is 9.05 Å². The summed E-state index contributed by atoms with van der Waals surface area (Å²) in [5, 5.41) is 0. The fraction of sp³-hybridized carbons (Fsp3) is 0.308. The molecule has 0 aliphatic rings. The average Bonchev–Trinajstić information content (AvgIpc) is 3.13. The highest BCUT2D eigenvalue weighted by Crippen LogP contribution is 2.45. The molecular formula is C52H59O4P. The second-order valence-corrected chi connectivity index (χ2v) is 20.7. The first-order valence-corrected chi connectivity index (χ1v) is 21.4. The summed E-state index contributed by atoms with van der Waals surface area (Å²) in [5.41, 5.74) is 14.3. The summed E-state index contributed by atoms with van der Waals surface area (Å²) < 4.78 is 24.0. The van der Waals surface area contributed by atoms with Crippen molar-refractivity contribution in [2.45, 2.75) is 105 Å². The smallest absolute Gasteiger partial charge is 0.395 e. The summed E-state index contributed by atoms with van der Waals surface area (Å²) in [6, 6.07) is 45.1. The first kappa shape index (κ1) is 41.7. The summed E-state index contributed by atoms with van der Waals surface area (Å²) in [7, 11) is -4.46. The molecule has 296 valence electrons. The van der Waals surface area contributed by atoms with Crippen molar-refractivity contribution in [1.29, 1.82) is 0 Å². The molecule has 0 radical (unpaired) electrons. The highest BCUT2D eigenvalue weighted by atomic mass is 31.2. The van der Waals surface area contributed by atoms with E-state index in [9.17, 15) is 9.46 Å². The molecule has 0 heterocycles. The monoisotopic (exact) mass is 778 g/mol. The van der Waals surface area contributed by atoms with Gasteiger partial charge in [-0.15, -0.1) is 0 Å². The van der Waals surface area contributed by atoms with E-state index in [0.29, 0.717) is 0 Å². The van der Waals surface area contributed by atoms with Gasteiger partial charge in [0.25, 0.3) is 0 Å². The SMILES string of the molecule is CC(C)(C)c1ccc(-c2ccc(-c3ccc(OP(=O)(O)Oc4ccc(-c5ccc(-c6ccc(C(C)(C)C)cc6C(C)(C)C)cc5)cc4)cc3)cc2)c(C(C)(C)C)c1. The van der Waals surface area contributed by atoms with E-state index in [2.05, 4.69) is 168 Å². The van der Waals surface area contributed by atoms with Gasteiger partial charge in [-0.25, -0.2) is 4.57 Å². The Balaban J connectivity index is 1.11. The largest absolute Gasteiger partial charge is 0.584 e. The van der Waals surface area contributed by atoms with E-state index in [-0.39, 0.29) is 33.2 Å². The lowest BCUT2D eigenvalue weighted by atomic mass is 9.77. The van der Waals surface area contributed by atoms with Gasteiger partial charge >= 0.3 is 7.82 Å². The number of phosphoric ester groups is 1. The molecule has 0 aliphatic heterocycles. The molecule has 6 aromatic carbocycles. The maximum Gasteiger partial charge on any atom is 0.584 e. The molecule has 0 fully saturated rings. The van der Waals surface area contributed by atoms with E-state index >= 15 is 0 Å². The Labute approximate surface area is 341 Å². The molecule has 0 amide bonds. The summed E-state index contributed by atoms with van der Waals surface area (Å²) in [6.07, 6.45) is 0. The van der Waals surface area contributed by atoms with Crippen molar-refractivity contribution in [2.75, 3.05) is 0 Å². The normalized spacial score (nSPS) is 12.7. The van der Waals surface area contributed by atoms with Crippen LogP contribution in [0.3, 0.4) is 0 Å². The Morgan fingerprint density at radius 2 is 0.632 bits per heavy atom. The zero-order valence-corrected chi connectivity index (χ0v) is 36.7. The van der Waals surface area contributed by atoms with E-state index in [0.717, 1.165) is 22.3 Å². The van der Waals surface area contributed by atoms with Crippen LogP contribution in [0.2, 0.25) is 0 Å². The van der Waals surface area contributed by atoms with Gasteiger partial charge in [0.2, 0.25) is 0 Å². The summed E-state index contributed by atoms with van der Waals surface area (Å²) in [4.78, 5) is 10.7. The van der Waals surface area contributed by atoms with Crippen molar-refractivity contribution in [2.24, 2.45) is 0 Å². The molecule has 0 aromatic heterocycles. The molecule has 4 nitrogen and oxygen atoms in total. The van der Waals surface area contributed by atoms with Gasteiger partial charge in [0.15, 0.2) is 0 Å². The van der Waals surface area contributed by atoms with Crippen LogP contribution in [0.5, 0.6) is 11.5 Å². The molecule has 0 atom stereocenters. The molecular weight excluding hydrogens is 720 g/mol. The lowest BCUT2D eigenvalue weighted by Gasteiger charge is -2.27. The van der Waals surface area contributed by atoms with Crippen LogP contribution >= 0.6 is 7.82 Å². The van der Waals surface area contributed by atoms with Crippen LogP contribution in [0, 0.1) is 0 Å². The Morgan fingerprint density at radius 3 is 0.895 bits per heavy atom. The minimum Gasteiger partial charge on any atom is -0.395 e. The van der Waals surface area contributed by atoms with Gasteiger partial charge in [-0.1, -0.05) is 192 Å². The van der Waals surface area contributed by atoms with Gasteiger partial charge in [0.05, 0.1) is 0 Å². The molecule has 0 saturated heterocycles. The zero-order valence-electron chi connectivity index (χ0n) is 35.8. The minimum absolute atomic E-state index is 0.00483. The van der Waals surface area contributed by atoms with E-state index in [1.165, 1.54) is 44.5 Å². The van der Waals surface area contributed by atoms with Crippen molar-refractivity contribution in [1.82, 2.24) is 0 Å². The topological polar surface area (TPSA) is 55.8 Å². The van der Waals surface area contributed by atoms with E-state index in [1.54, 1.807) is 24.3 Å². The van der Waals surface area contributed by atoms with Crippen LogP contribution in [0.25, 0.3) is 44.5 Å². The number of rotatable bonds is 8. The number of hydrogen-bond donors (Lipinski definition) is 1. The Hall–Kier alpha value is -4.89. The first-order chi connectivity index (χ1) is 26.5. The van der Waals surface area contributed by atoms with Gasteiger partial charge in [-0.3, -0.25) is 4.89 Å². The maximum atomic E-state index is 13.1. The fourth-order valence-corrected chi connectivity index (χ4v) is 7.97. The van der Waals surface area contributed by atoms with Crippen LogP contribution < -0.4 is 9.05 Å². The Kier molecular flexibility index (Phi) is 11.3. The summed E-state index contributed by atoms with van der Waals surface area (Å²) >= 11 is 0. The third-order valence-electron chi connectivity index (χ3n) is 10.6. The first-order valence-electron chi connectivity index (χ1n) is 19.9. The van der Waals surface area contributed by atoms with E-state index in [1.807, 2.05) is 24.3 Å². The van der Waals surface area contributed by atoms with Gasteiger partial charge in [0.1, 0.15) is 11.5 Å². The molecule has 0 spiro atoms. The van der Waals surface area contributed by atoms with E-state index < -0.39 is 7.82 Å². The number of benzene rings is 6. The lowest BCUT2D eigenvalue weighted by molar-refractivity contribution is 0.291. The molecule has 57 heavy (non-hydrogen) atoms. The Morgan fingerprint density at radius 1 is 0.368 bits per heavy atom. The molecule has 5 heteroatoms. The van der Waals surface area contributed by atoms with Crippen LogP contribution in [0.4, 0.5) is 0 Å². The van der Waals surface area contributed by atoms with Gasteiger partial charge in [-0.05, 0) is 113 Å². The number of hydrogen-bond acceptors (Lipinski definition) is 3. The third-order valence-corrected chi connectivity index (χ3v) is 11.5. The Bertz CT molecular complexity index is 2210. The van der Waals surface area contributed by atoms with Crippen molar-refractivity contribution < 1.29 is 18.5 Å². The maximum absolute atomic E-state index is 13.1. The number of phosphoric acid groups is 1. The standard InChI is InChI=1S/C52H59O4P/c1-49(2,3)41-25-31-45(47(33-41)51(7,8)9)39-17-13-35(14-18-39)37-21-27-43(28-22-37)55-57(53,54)56-44-29-23-38(24-30-44)36-15-19-40(20-16-36)46-32-26-42(50(4,5)6)34-48(46)52(10,11)12/h13-34H,1-12H3,(H,53,54). The second-order valence-electron chi connectivity index (χ2n) is 19.4. The molecule has 0 aliphatic carbocycles. The summed E-state index contributed by atoms with van der Waals surface area (Å²) in [6.45, 7) is 27.1. The van der Waals surface area contributed by atoms with Gasteiger partial charge < -0.3 is 9.05 Å². The second kappa shape index (κ2) is 15.5. The quantitative estimate of drug-likeness (QED) is 0.156. The molecule has 6 aromatic rings. The highest BCUT2D eigenvalue weighted by molar-refractivity contribution is 7.48. The van der Waals surface area contributed by atoms with Gasteiger partial charge in [0, 0.05) is 0 Å². The van der Waals surface area contributed by atoms with Crippen molar-refractivity contribution in [3.05, 3.63) is 156 Å². The molecule has 6 rings (SSSR count). The molecule has 1 N–H and O–H groups in total. The third kappa shape index (κ3) is 9.98. The molecule has 0 unspecified atom stereocenters. The molecule has 0 bridgehead atoms. The van der Waals surface area contributed by atoms with Crippen LogP contribution in [-0.2, 0) is 26.2 Å². The molecule has 0 saturated carbocycles. The summed E-state index contributed by atoms with van der Waals surface area (Å²) in [5.74, 6) is 0.490. The van der Waals surface area contributed by atoms with Crippen LogP contribution in [0.1, 0.15) is 105 Å². The van der Waals surface area contributed by atoms with Crippen molar-refractivity contribution in [3.63, 3.8) is 0 Å². The van der Waals surface area contributed by atoms with Crippen LogP contribution in [-0.4, -0.2) is 4.89 Å². The predicted molar refractivity (Wildman–Crippen MR) is 241 cm³/mol. The fourth-order valence-electron chi connectivity index (χ4n) is 7.15. The average molecular weight is 779 g/mol. The minimum atomic E-state index is -4.46. The van der Waals surface area contributed by atoms with Crippen molar-refractivity contribution >= 4 is 7.82 Å². The van der Waals surface area contributed by atoms with Crippen LogP contribution in [0.15, 0.2) is 133 Å². The lowest BCUT2D eigenvalue weighted by Crippen LogP contribution is -2.17. The van der Waals surface area contributed by atoms with Gasteiger partial charge in [-0.2, -0.15) is 0 Å². The highest BCUT2D eigenvalue weighted by Gasteiger charge is 2.26. The zero-order chi connectivity index (χ0) is 41.6. The predicted octanol–water partition coefficient (Wildman–Crippen LogP) is 15.1.